The number of nitrogens with zero attached hydrogens (tertiary/aromatic N) is 4. The minimum atomic E-state index is -1.38. The molecule has 6 nitrogen and oxygen atoms in total. The van der Waals surface area contributed by atoms with Crippen LogP contribution >= 0.6 is 23.2 Å². The molecule has 0 radical (unpaired) electrons. The Morgan fingerprint density at radius 3 is 1.98 bits per heavy atom. The topological polar surface area (TPSA) is 62.8 Å². The van der Waals surface area contributed by atoms with E-state index in [1.165, 1.54) is 0 Å². The minimum absolute atomic E-state index is 0.724. The number of rotatable bonds is 4. The molecule has 9 rings (SSSR count). The molecule has 0 fully saturated rings. The third-order valence-electron chi connectivity index (χ3n) is 10.1. The van der Waals surface area contributed by atoms with Gasteiger partial charge in [0.15, 0.2) is 9.87 Å². The number of aliphatic imine (C=N–C) groups is 2. The Labute approximate surface area is 312 Å². The summed E-state index contributed by atoms with van der Waals surface area (Å²) in [5, 5.41) is 1.85. The van der Waals surface area contributed by atoms with Crippen molar-refractivity contribution in [3.8, 4) is 0 Å². The number of likely N-dealkylation sites (N-methyl/N-ethyl adjacent to an activating group) is 2. The number of aromatic nitrogens is 2. The van der Waals surface area contributed by atoms with Crippen LogP contribution in [0.3, 0.4) is 0 Å². The first-order valence-electron chi connectivity index (χ1n) is 17.4. The predicted octanol–water partition coefficient (Wildman–Crippen LogP) is 7.33. The second kappa shape index (κ2) is 12.6. The lowest BCUT2D eigenvalue weighted by Gasteiger charge is -2.37. The van der Waals surface area contributed by atoms with Gasteiger partial charge in [0.05, 0.1) is 17.1 Å². The van der Waals surface area contributed by atoms with E-state index in [-0.39, 0.29) is 0 Å². The van der Waals surface area contributed by atoms with Gasteiger partial charge in [0.1, 0.15) is 0 Å². The van der Waals surface area contributed by atoms with Gasteiger partial charge in [-0.2, -0.15) is 0 Å². The molecule has 5 aliphatic rings. The van der Waals surface area contributed by atoms with Crippen LogP contribution < -0.4 is 10.7 Å². The van der Waals surface area contributed by atoms with E-state index in [0.29, 0.717) is 0 Å². The molecule has 4 aromatic rings. The Morgan fingerprint density at radius 1 is 0.635 bits per heavy atom. The standard InChI is InChI=1S/C44H36Cl2N6/c1-51-25-9-13-30(27-51)41-35-19-17-33(47-35)40(29-11-5-3-6-12-29)34-18-20-36(48-34)42(31-14-10-26-52(2)28-31)38-23-24-43(45,50-38)44(46,32-15-7-4-8-16-32)39-22-21-37(41)49-39/h3-24,27-28,48-49H,25-26H2,1-2H3. The number of benzene rings is 2. The number of alkyl halides is 2. The first-order valence-corrected chi connectivity index (χ1v) is 18.2. The van der Waals surface area contributed by atoms with Crippen LogP contribution in [-0.2, 0) is 4.87 Å². The van der Waals surface area contributed by atoms with Gasteiger partial charge in [-0.3, -0.25) is 4.99 Å². The van der Waals surface area contributed by atoms with E-state index >= 15 is 0 Å². The molecule has 0 spiro atoms. The van der Waals surface area contributed by atoms with Gasteiger partial charge in [0.2, 0.25) is 0 Å². The van der Waals surface area contributed by atoms with E-state index in [1.54, 1.807) is 0 Å². The lowest BCUT2D eigenvalue weighted by Crippen LogP contribution is -2.41. The van der Waals surface area contributed by atoms with Crippen LogP contribution in [0.4, 0.5) is 0 Å². The van der Waals surface area contributed by atoms with Crippen LogP contribution in [0, 0.1) is 0 Å². The van der Waals surface area contributed by atoms with Crippen molar-refractivity contribution in [2.24, 2.45) is 9.98 Å². The summed E-state index contributed by atoms with van der Waals surface area (Å²) in [6.45, 7) is 1.65. The van der Waals surface area contributed by atoms with Crippen LogP contribution in [-0.4, -0.2) is 63.4 Å². The molecule has 0 amide bonds. The molecule has 7 heterocycles. The summed E-state index contributed by atoms with van der Waals surface area (Å²) in [6.07, 6.45) is 21.1. The van der Waals surface area contributed by atoms with Crippen LogP contribution in [0.25, 0.3) is 16.7 Å². The fourth-order valence-corrected chi connectivity index (χ4v) is 8.34. The Morgan fingerprint density at radius 2 is 1.29 bits per heavy atom. The van der Waals surface area contributed by atoms with E-state index < -0.39 is 9.87 Å². The van der Waals surface area contributed by atoms with E-state index in [9.17, 15) is 0 Å². The number of fused-ring (bicyclic) bond motifs is 6. The Bertz CT molecular complexity index is 2520. The third-order valence-corrected chi connectivity index (χ3v) is 11.4. The molecule has 2 atom stereocenters. The quantitative estimate of drug-likeness (QED) is 0.172. The van der Waals surface area contributed by atoms with E-state index in [4.69, 9.17) is 33.2 Å². The summed E-state index contributed by atoms with van der Waals surface area (Å²) < 4.78 is 0. The van der Waals surface area contributed by atoms with Crippen molar-refractivity contribution < 1.29 is 0 Å². The van der Waals surface area contributed by atoms with Crippen molar-refractivity contribution in [1.82, 2.24) is 19.8 Å². The fourth-order valence-electron chi connectivity index (χ4n) is 7.64. The summed E-state index contributed by atoms with van der Waals surface area (Å²) in [5.41, 5.74) is 10.9. The van der Waals surface area contributed by atoms with Crippen molar-refractivity contribution in [3.05, 3.63) is 196 Å². The number of allylic oxidation sites excluding steroid dienone is 8. The smallest absolute Gasteiger partial charge is 0.181 e. The zero-order valence-corrected chi connectivity index (χ0v) is 30.3. The summed E-state index contributed by atoms with van der Waals surface area (Å²) >= 11 is 15.7. The summed E-state index contributed by atoms with van der Waals surface area (Å²) in [4.78, 5) is 19.9. The lowest BCUT2D eigenvalue weighted by atomic mass is 9.87. The maximum absolute atomic E-state index is 7.97. The monoisotopic (exact) mass is 718 g/mol. The third kappa shape index (κ3) is 5.33. The van der Waals surface area contributed by atoms with Gasteiger partial charge in [-0.1, -0.05) is 96.6 Å². The molecule has 0 saturated heterocycles. The molecule has 8 bridgehead atoms. The molecule has 52 heavy (non-hydrogen) atoms. The van der Waals surface area contributed by atoms with Crippen molar-refractivity contribution in [1.29, 1.82) is 0 Å². The highest BCUT2D eigenvalue weighted by atomic mass is 35.5. The zero-order chi connectivity index (χ0) is 35.5. The highest BCUT2D eigenvalue weighted by Gasteiger charge is 2.53. The van der Waals surface area contributed by atoms with E-state index in [1.807, 2.05) is 54.6 Å². The normalized spacial score (nSPS) is 23.7. The molecule has 2 aromatic carbocycles. The SMILES string of the molecule is CN1C=C(C2=C3C=CC(=N3)C(c3ccccc3)=c3ccc([nH]3)=C(C3=CN(C)CC=C3)C3=NC(Cl)(C=C3)C(Cl)(c3ccccc3)c3ccc2[nH]3)C=CC1. The second-order valence-corrected chi connectivity index (χ2v) is 14.8. The molecule has 0 saturated carbocycles. The highest BCUT2D eigenvalue weighted by Crippen LogP contribution is 2.53. The Hall–Kier alpha value is -5.56. The molecule has 8 heteroatoms. The van der Waals surface area contributed by atoms with Crippen LogP contribution in [0.2, 0.25) is 0 Å². The minimum Gasteiger partial charge on any atom is -0.376 e. The fraction of sp³-hybridized carbons (Fsp3) is 0.136. The van der Waals surface area contributed by atoms with Gasteiger partial charge in [-0.25, -0.2) is 4.99 Å². The average Bonchev–Trinajstić information content (AvgIpc) is 3.99. The number of hydrogen-bond donors (Lipinski definition) is 2. The van der Waals surface area contributed by atoms with Crippen LogP contribution in [0.15, 0.2) is 173 Å². The average molecular weight is 720 g/mol. The largest absolute Gasteiger partial charge is 0.376 e. The number of hydrogen-bond acceptors (Lipinski definition) is 4. The molecule has 2 N–H and O–H groups in total. The van der Waals surface area contributed by atoms with E-state index in [0.717, 1.165) is 91.3 Å². The number of nitrogens with one attached hydrogen (secondary N) is 2. The number of halogens is 2. The maximum Gasteiger partial charge on any atom is 0.181 e. The van der Waals surface area contributed by atoms with Crippen molar-refractivity contribution in [3.63, 3.8) is 0 Å². The highest BCUT2D eigenvalue weighted by molar-refractivity contribution is 6.41. The second-order valence-electron chi connectivity index (χ2n) is 13.7. The van der Waals surface area contributed by atoms with Crippen molar-refractivity contribution >= 4 is 51.3 Å². The molecular weight excluding hydrogens is 683 g/mol. The zero-order valence-electron chi connectivity index (χ0n) is 28.8. The van der Waals surface area contributed by atoms with Crippen molar-refractivity contribution in [2.75, 3.05) is 27.2 Å². The van der Waals surface area contributed by atoms with Crippen LogP contribution in [0.1, 0.15) is 22.5 Å². The van der Waals surface area contributed by atoms with Gasteiger partial charge in [-0.15, -0.1) is 11.6 Å². The summed E-state index contributed by atoms with van der Waals surface area (Å²) in [7, 11) is 4.15. The molecule has 2 unspecified atom stereocenters. The Balaban J connectivity index is 1.41. The molecule has 2 aromatic heterocycles. The van der Waals surface area contributed by atoms with Gasteiger partial charge in [0, 0.05) is 89.5 Å². The van der Waals surface area contributed by atoms with Crippen LogP contribution in [0.5, 0.6) is 0 Å². The van der Waals surface area contributed by atoms with Crippen molar-refractivity contribution in [2.45, 2.75) is 9.87 Å². The maximum atomic E-state index is 7.97. The van der Waals surface area contributed by atoms with Gasteiger partial charge in [0.25, 0.3) is 0 Å². The molecule has 256 valence electrons. The van der Waals surface area contributed by atoms with E-state index in [2.05, 4.69) is 125 Å². The van der Waals surface area contributed by atoms with Gasteiger partial charge in [-0.05, 0) is 59.7 Å². The molecule has 0 aliphatic carbocycles. The van der Waals surface area contributed by atoms with Gasteiger partial charge >= 0.3 is 0 Å². The first-order chi connectivity index (χ1) is 25.3. The lowest BCUT2D eigenvalue weighted by molar-refractivity contribution is 0.502. The number of aromatic amines is 2. The Kier molecular flexibility index (Phi) is 7.83. The number of H-pyrrole nitrogens is 2. The predicted molar refractivity (Wildman–Crippen MR) is 215 cm³/mol. The first kappa shape index (κ1) is 32.4. The summed E-state index contributed by atoms with van der Waals surface area (Å²) in [6, 6.07) is 28.8. The molecule has 5 aliphatic heterocycles. The van der Waals surface area contributed by atoms with Gasteiger partial charge < -0.3 is 19.8 Å². The summed E-state index contributed by atoms with van der Waals surface area (Å²) in [5.74, 6) is 0. The molecular formula is C44H36Cl2N6.